The van der Waals surface area contributed by atoms with Gasteiger partial charge in [0.1, 0.15) is 0 Å². The molecule has 2 aromatic heterocycles. The minimum absolute atomic E-state index is 0.0381. The van der Waals surface area contributed by atoms with Crippen LogP contribution in [0.1, 0.15) is 21.6 Å². The van der Waals surface area contributed by atoms with Gasteiger partial charge < -0.3 is 9.14 Å². The molecule has 0 spiro atoms. The molecule has 3 aromatic rings. The number of hydrogen-bond acceptors (Lipinski definition) is 6. The minimum atomic E-state index is -3.56. The second-order valence-electron chi connectivity index (χ2n) is 6.15. The number of carbonyl (C=O) groups is 1. The Morgan fingerprint density at radius 1 is 1.25 bits per heavy atom. The molecule has 0 aliphatic rings. The monoisotopic (exact) mass is 403 g/mol. The molecule has 0 fully saturated rings. The van der Waals surface area contributed by atoms with Gasteiger partial charge in [0.25, 0.3) is 0 Å². The van der Waals surface area contributed by atoms with Gasteiger partial charge >= 0.3 is 5.69 Å². The van der Waals surface area contributed by atoms with Crippen molar-refractivity contribution < 1.29 is 22.9 Å². The van der Waals surface area contributed by atoms with Crippen molar-refractivity contribution in [1.82, 2.24) is 4.40 Å². The van der Waals surface area contributed by atoms with Crippen molar-refractivity contribution in [1.29, 1.82) is 0 Å². The van der Waals surface area contributed by atoms with Crippen LogP contribution in [0, 0.1) is 17.0 Å². The van der Waals surface area contributed by atoms with Gasteiger partial charge in [-0.2, -0.15) is 0 Å². The summed E-state index contributed by atoms with van der Waals surface area (Å²) in [4.78, 5) is 23.7. The number of pyridine rings is 1. The van der Waals surface area contributed by atoms with Crippen LogP contribution in [0.25, 0.3) is 5.52 Å². The van der Waals surface area contributed by atoms with Gasteiger partial charge in [-0.1, -0.05) is 6.07 Å². The van der Waals surface area contributed by atoms with Crippen LogP contribution in [0.2, 0.25) is 0 Å². The number of anilines is 1. The topological polar surface area (TPSA) is 120 Å². The predicted molar refractivity (Wildman–Crippen MR) is 104 cm³/mol. The van der Waals surface area contributed by atoms with E-state index in [1.165, 1.54) is 25.3 Å². The Kier molecular flexibility index (Phi) is 4.82. The van der Waals surface area contributed by atoms with Crippen molar-refractivity contribution in [3.63, 3.8) is 0 Å². The standard InChI is InChI=1S/C18H17N3O6S/c1-11-16(19-28(3,25)26)14-6-4-5-9-20(14)17(11)18(22)12-7-8-13(21(23)24)15(10-12)27-2/h4-10,19H,1-3H3. The van der Waals surface area contributed by atoms with Gasteiger partial charge in [-0.25, -0.2) is 8.42 Å². The average molecular weight is 403 g/mol. The Morgan fingerprint density at radius 3 is 2.57 bits per heavy atom. The van der Waals surface area contributed by atoms with E-state index < -0.39 is 20.7 Å². The van der Waals surface area contributed by atoms with E-state index >= 15 is 0 Å². The maximum Gasteiger partial charge on any atom is 0.310 e. The molecule has 0 amide bonds. The Hall–Kier alpha value is -3.40. The van der Waals surface area contributed by atoms with E-state index in [9.17, 15) is 23.3 Å². The van der Waals surface area contributed by atoms with Crippen molar-refractivity contribution in [2.75, 3.05) is 18.1 Å². The van der Waals surface area contributed by atoms with Crippen LogP contribution < -0.4 is 9.46 Å². The maximum atomic E-state index is 13.2. The number of nitro benzene ring substituents is 1. The molecule has 0 saturated heterocycles. The Morgan fingerprint density at radius 2 is 1.96 bits per heavy atom. The summed E-state index contributed by atoms with van der Waals surface area (Å²) in [6.45, 7) is 1.64. The first-order chi connectivity index (χ1) is 13.1. The number of aromatic nitrogens is 1. The third-order valence-electron chi connectivity index (χ3n) is 4.23. The van der Waals surface area contributed by atoms with E-state index in [2.05, 4.69) is 4.72 Å². The highest BCUT2D eigenvalue weighted by molar-refractivity contribution is 7.92. The Balaban J connectivity index is 2.20. The quantitative estimate of drug-likeness (QED) is 0.384. The first kappa shape index (κ1) is 19.4. The van der Waals surface area contributed by atoms with Crippen LogP contribution in [0.15, 0.2) is 42.6 Å². The molecular formula is C18H17N3O6S. The number of nitro groups is 1. The Labute approximate surface area is 160 Å². The highest BCUT2D eigenvalue weighted by atomic mass is 32.2. The fourth-order valence-corrected chi connectivity index (χ4v) is 3.66. The molecule has 0 aliphatic heterocycles. The number of fused-ring (bicyclic) bond motifs is 1. The molecule has 0 saturated carbocycles. The molecule has 0 bridgehead atoms. The molecule has 2 heterocycles. The number of hydrogen-bond donors (Lipinski definition) is 1. The van der Waals surface area contributed by atoms with Gasteiger partial charge in [0.2, 0.25) is 15.8 Å². The van der Waals surface area contributed by atoms with Gasteiger partial charge in [-0.05, 0) is 31.2 Å². The minimum Gasteiger partial charge on any atom is -0.490 e. The van der Waals surface area contributed by atoms with E-state index in [1.54, 1.807) is 35.7 Å². The lowest BCUT2D eigenvalue weighted by molar-refractivity contribution is -0.385. The molecule has 28 heavy (non-hydrogen) atoms. The number of nitrogens with zero attached hydrogens (tertiary/aromatic N) is 2. The van der Waals surface area contributed by atoms with Crippen molar-refractivity contribution in [3.05, 3.63) is 69.5 Å². The number of rotatable bonds is 6. The van der Waals surface area contributed by atoms with Gasteiger partial charge in [-0.15, -0.1) is 0 Å². The third kappa shape index (κ3) is 3.41. The van der Waals surface area contributed by atoms with E-state index in [0.717, 1.165) is 6.26 Å². The number of carbonyl (C=O) groups excluding carboxylic acids is 1. The molecule has 0 unspecified atom stereocenters. The Bertz CT molecular complexity index is 1210. The van der Waals surface area contributed by atoms with Crippen molar-refractivity contribution in [2.45, 2.75) is 6.92 Å². The van der Waals surface area contributed by atoms with Crippen LogP contribution in [-0.2, 0) is 10.0 Å². The summed E-state index contributed by atoms with van der Waals surface area (Å²) in [5, 5.41) is 11.1. The lowest BCUT2D eigenvalue weighted by Crippen LogP contribution is -2.10. The summed E-state index contributed by atoms with van der Waals surface area (Å²) in [5.41, 5.74) is 1.44. The van der Waals surface area contributed by atoms with Gasteiger partial charge in [-0.3, -0.25) is 19.6 Å². The fraction of sp³-hybridized carbons (Fsp3) is 0.167. The molecule has 10 heteroatoms. The molecule has 9 nitrogen and oxygen atoms in total. The van der Waals surface area contributed by atoms with Crippen LogP contribution in [0.4, 0.5) is 11.4 Å². The molecule has 0 radical (unpaired) electrons. The molecule has 0 atom stereocenters. The summed E-state index contributed by atoms with van der Waals surface area (Å²) >= 11 is 0. The van der Waals surface area contributed by atoms with E-state index in [-0.39, 0.29) is 22.7 Å². The average Bonchev–Trinajstić information content (AvgIpc) is 2.91. The maximum absolute atomic E-state index is 13.2. The van der Waals surface area contributed by atoms with Crippen LogP contribution in [0.5, 0.6) is 5.75 Å². The SMILES string of the molecule is COc1cc(C(=O)c2c(C)c(NS(C)(=O)=O)c3ccccn23)ccc1[N+](=O)[O-]. The van der Waals surface area contributed by atoms with E-state index in [1.807, 2.05) is 0 Å². The molecular weight excluding hydrogens is 386 g/mol. The van der Waals surface area contributed by atoms with Gasteiger partial charge in [0.05, 0.1) is 35.2 Å². The third-order valence-corrected chi connectivity index (χ3v) is 4.80. The second-order valence-corrected chi connectivity index (χ2v) is 7.90. The lowest BCUT2D eigenvalue weighted by Gasteiger charge is -2.07. The number of methoxy groups -OCH3 is 1. The largest absolute Gasteiger partial charge is 0.490 e. The van der Waals surface area contributed by atoms with Crippen molar-refractivity contribution >= 4 is 32.7 Å². The molecule has 1 N–H and O–H groups in total. The molecule has 0 aliphatic carbocycles. The zero-order chi connectivity index (χ0) is 20.6. The number of ether oxygens (including phenoxy) is 1. The number of benzene rings is 1. The second kappa shape index (κ2) is 6.97. The van der Waals surface area contributed by atoms with Crippen LogP contribution in [0.3, 0.4) is 0 Å². The van der Waals surface area contributed by atoms with E-state index in [4.69, 9.17) is 4.74 Å². The summed E-state index contributed by atoms with van der Waals surface area (Å²) in [7, 11) is -2.28. The lowest BCUT2D eigenvalue weighted by atomic mass is 10.0. The normalized spacial score (nSPS) is 11.4. The van der Waals surface area contributed by atoms with Crippen molar-refractivity contribution in [2.24, 2.45) is 0 Å². The number of ketones is 1. The first-order valence-corrected chi connectivity index (χ1v) is 9.97. The summed E-state index contributed by atoms with van der Waals surface area (Å²) in [6, 6.07) is 8.97. The number of sulfonamides is 1. The zero-order valence-electron chi connectivity index (χ0n) is 15.3. The van der Waals surface area contributed by atoms with Gasteiger partial charge in [0, 0.05) is 23.4 Å². The summed E-state index contributed by atoms with van der Waals surface area (Å²) in [5.74, 6) is -0.461. The summed E-state index contributed by atoms with van der Waals surface area (Å²) < 4.78 is 32.6. The summed E-state index contributed by atoms with van der Waals surface area (Å²) in [6.07, 6.45) is 2.67. The van der Waals surface area contributed by atoms with Crippen LogP contribution in [-0.4, -0.2) is 36.9 Å². The first-order valence-electron chi connectivity index (χ1n) is 8.08. The highest BCUT2D eigenvalue weighted by Crippen LogP contribution is 2.33. The van der Waals surface area contributed by atoms with Crippen LogP contribution >= 0.6 is 0 Å². The fourth-order valence-electron chi connectivity index (χ4n) is 3.03. The molecule has 146 valence electrons. The molecule has 3 rings (SSSR count). The smallest absolute Gasteiger partial charge is 0.310 e. The van der Waals surface area contributed by atoms with E-state index in [0.29, 0.717) is 16.8 Å². The number of nitrogens with one attached hydrogen (secondary N) is 1. The van der Waals surface area contributed by atoms with Crippen molar-refractivity contribution in [3.8, 4) is 5.75 Å². The van der Waals surface area contributed by atoms with Gasteiger partial charge in [0.15, 0.2) is 5.75 Å². The predicted octanol–water partition coefficient (Wildman–Crippen LogP) is 2.77. The highest BCUT2D eigenvalue weighted by Gasteiger charge is 2.25. The molecule has 1 aromatic carbocycles. The zero-order valence-corrected chi connectivity index (χ0v) is 16.1.